The van der Waals surface area contributed by atoms with Crippen LogP contribution in [0, 0.1) is 0 Å². The third-order valence-corrected chi connectivity index (χ3v) is 3.55. The van der Waals surface area contributed by atoms with E-state index in [0.717, 1.165) is 19.2 Å². The van der Waals surface area contributed by atoms with E-state index in [2.05, 4.69) is 15.9 Å². The first kappa shape index (κ1) is 13.6. The summed E-state index contributed by atoms with van der Waals surface area (Å²) < 4.78 is 3.00. The highest BCUT2D eigenvalue weighted by molar-refractivity contribution is 9.10. The van der Waals surface area contributed by atoms with Gasteiger partial charge < -0.3 is 5.11 Å². The van der Waals surface area contributed by atoms with Gasteiger partial charge in [-0.15, -0.1) is 0 Å². The van der Waals surface area contributed by atoms with E-state index in [9.17, 15) is 14.7 Å². The van der Waals surface area contributed by atoms with Crippen molar-refractivity contribution in [3.05, 3.63) is 60.7 Å². The van der Waals surface area contributed by atoms with Crippen LogP contribution in [0.5, 0.6) is 5.88 Å². The first-order chi connectivity index (χ1) is 8.91. The Hall–Kier alpha value is -1.82. The lowest BCUT2D eigenvalue weighted by Gasteiger charge is -2.10. The third-order valence-electron chi connectivity index (χ3n) is 3.02. The zero-order chi connectivity index (χ0) is 14.2. The molecule has 0 aliphatic carbocycles. The molecule has 0 saturated heterocycles. The molecule has 100 valence electrons. The van der Waals surface area contributed by atoms with Crippen molar-refractivity contribution in [1.82, 2.24) is 9.13 Å². The van der Waals surface area contributed by atoms with Crippen LogP contribution in [-0.2, 0) is 20.5 Å². The number of aromatic nitrogens is 2. The summed E-state index contributed by atoms with van der Waals surface area (Å²) in [6.07, 6.45) is 0.278. The van der Waals surface area contributed by atoms with Crippen molar-refractivity contribution in [2.45, 2.75) is 6.42 Å². The minimum Gasteiger partial charge on any atom is -0.494 e. The van der Waals surface area contributed by atoms with Gasteiger partial charge in [0.1, 0.15) is 0 Å². The Balaban J connectivity index is 2.55. The van der Waals surface area contributed by atoms with Gasteiger partial charge in [-0.3, -0.25) is 13.9 Å². The lowest BCUT2D eigenvalue weighted by atomic mass is 10.1. The van der Waals surface area contributed by atoms with Crippen molar-refractivity contribution < 1.29 is 5.11 Å². The maximum atomic E-state index is 12.0. The van der Waals surface area contributed by atoms with Crippen LogP contribution in [0.25, 0.3) is 0 Å². The van der Waals surface area contributed by atoms with E-state index in [1.807, 2.05) is 24.3 Å². The van der Waals surface area contributed by atoms with Crippen LogP contribution in [0.3, 0.4) is 0 Å². The molecule has 0 aliphatic heterocycles. The maximum absolute atomic E-state index is 12.0. The second kappa shape index (κ2) is 5.05. The standard InChI is InChI=1S/C13H13BrN2O3/c1-15-11(17)10(12(18)16(2)13(15)19)7-8-3-5-9(14)6-4-8/h3-6,17H,7H2,1-2H3. The Labute approximate surface area is 117 Å². The summed E-state index contributed by atoms with van der Waals surface area (Å²) in [7, 11) is 2.83. The molecule has 0 aliphatic rings. The van der Waals surface area contributed by atoms with Crippen molar-refractivity contribution in [1.29, 1.82) is 0 Å². The van der Waals surface area contributed by atoms with Gasteiger partial charge in [-0.1, -0.05) is 28.1 Å². The zero-order valence-electron chi connectivity index (χ0n) is 10.6. The van der Waals surface area contributed by atoms with E-state index >= 15 is 0 Å². The van der Waals surface area contributed by atoms with Crippen LogP contribution in [0.1, 0.15) is 11.1 Å². The van der Waals surface area contributed by atoms with E-state index < -0.39 is 11.2 Å². The molecule has 1 heterocycles. The predicted octanol–water partition coefficient (Wildman–Crippen LogP) is 1.14. The fourth-order valence-corrected chi connectivity index (χ4v) is 2.13. The Bertz CT molecular complexity index is 729. The van der Waals surface area contributed by atoms with Crippen molar-refractivity contribution >= 4 is 15.9 Å². The second-order valence-corrected chi connectivity index (χ2v) is 5.23. The zero-order valence-corrected chi connectivity index (χ0v) is 12.1. The van der Waals surface area contributed by atoms with E-state index in [1.165, 1.54) is 14.1 Å². The Morgan fingerprint density at radius 1 is 1.11 bits per heavy atom. The summed E-state index contributed by atoms with van der Waals surface area (Å²) in [5.41, 5.74) is 0.0896. The molecule has 1 aromatic heterocycles. The van der Waals surface area contributed by atoms with Gasteiger partial charge in [0.2, 0.25) is 5.88 Å². The van der Waals surface area contributed by atoms with Gasteiger partial charge in [0, 0.05) is 25.0 Å². The summed E-state index contributed by atoms with van der Waals surface area (Å²) in [5.74, 6) is -0.281. The molecule has 2 rings (SSSR count). The Kier molecular flexibility index (Phi) is 3.61. The van der Waals surface area contributed by atoms with Gasteiger partial charge in [0.05, 0.1) is 5.56 Å². The number of nitrogens with zero attached hydrogens (tertiary/aromatic N) is 2. The van der Waals surface area contributed by atoms with E-state index in [-0.39, 0.29) is 17.9 Å². The Morgan fingerprint density at radius 2 is 1.68 bits per heavy atom. The number of benzene rings is 1. The number of aromatic hydroxyl groups is 1. The molecular formula is C13H13BrN2O3. The van der Waals surface area contributed by atoms with Crippen LogP contribution in [-0.4, -0.2) is 14.2 Å². The lowest BCUT2D eigenvalue weighted by molar-refractivity contribution is 0.404. The monoisotopic (exact) mass is 324 g/mol. The summed E-state index contributed by atoms with van der Waals surface area (Å²) in [4.78, 5) is 23.6. The molecule has 0 amide bonds. The molecule has 5 nitrogen and oxygen atoms in total. The quantitative estimate of drug-likeness (QED) is 0.901. The largest absolute Gasteiger partial charge is 0.494 e. The highest BCUT2D eigenvalue weighted by atomic mass is 79.9. The van der Waals surface area contributed by atoms with Crippen LogP contribution >= 0.6 is 15.9 Å². The van der Waals surface area contributed by atoms with E-state index in [1.54, 1.807) is 0 Å². The molecule has 1 N–H and O–H groups in total. The molecule has 6 heteroatoms. The fraction of sp³-hybridized carbons (Fsp3) is 0.231. The fourth-order valence-electron chi connectivity index (χ4n) is 1.86. The molecular weight excluding hydrogens is 312 g/mol. The van der Waals surface area contributed by atoms with Gasteiger partial charge in [-0.05, 0) is 17.7 Å². The molecule has 0 bridgehead atoms. The van der Waals surface area contributed by atoms with E-state index in [4.69, 9.17) is 0 Å². The van der Waals surface area contributed by atoms with Crippen molar-refractivity contribution in [3.63, 3.8) is 0 Å². The van der Waals surface area contributed by atoms with Crippen molar-refractivity contribution in [2.24, 2.45) is 14.1 Å². The van der Waals surface area contributed by atoms with Gasteiger partial charge >= 0.3 is 5.69 Å². The average Bonchev–Trinajstić information content (AvgIpc) is 2.41. The molecule has 0 saturated carbocycles. The first-order valence-corrected chi connectivity index (χ1v) is 6.43. The lowest BCUT2D eigenvalue weighted by Crippen LogP contribution is -2.38. The maximum Gasteiger partial charge on any atom is 0.333 e. The molecule has 0 radical (unpaired) electrons. The Morgan fingerprint density at radius 3 is 2.26 bits per heavy atom. The van der Waals surface area contributed by atoms with Gasteiger partial charge in [-0.2, -0.15) is 0 Å². The van der Waals surface area contributed by atoms with Crippen molar-refractivity contribution in [3.8, 4) is 5.88 Å². The summed E-state index contributed by atoms with van der Waals surface area (Å²) in [5, 5.41) is 9.94. The van der Waals surface area contributed by atoms with Crippen LogP contribution in [0.15, 0.2) is 38.3 Å². The van der Waals surface area contributed by atoms with Gasteiger partial charge in [-0.25, -0.2) is 4.79 Å². The molecule has 0 atom stereocenters. The van der Waals surface area contributed by atoms with Crippen LogP contribution in [0.2, 0.25) is 0 Å². The van der Waals surface area contributed by atoms with E-state index in [0.29, 0.717) is 0 Å². The summed E-state index contributed by atoms with van der Waals surface area (Å²) in [6.45, 7) is 0. The molecule has 1 aromatic carbocycles. The van der Waals surface area contributed by atoms with Gasteiger partial charge in [0.25, 0.3) is 5.56 Å². The third kappa shape index (κ3) is 2.49. The number of hydrogen-bond donors (Lipinski definition) is 1. The minimum absolute atomic E-state index is 0.215. The summed E-state index contributed by atoms with van der Waals surface area (Å²) in [6, 6.07) is 7.43. The predicted molar refractivity (Wildman–Crippen MR) is 75.5 cm³/mol. The average molecular weight is 325 g/mol. The highest BCUT2D eigenvalue weighted by Crippen LogP contribution is 2.16. The normalized spacial score (nSPS) is 10.7. The molecule has 0 fully saturated rings. The first-order valence-electron chi connectivity index (χ1n) is 5.64. The van der Waals surface area contributed by atoms with Crippen LogP contribution in [0.4, 0.5) is 0 Å². The number of halogens is 1. The summed E-state index contributed by atoms with van der Waals surface area (Å²) >= 11 is 3.33. The van der Waals surface area contributed by atoms with Crippen LogP contribution < -0.4 is 11.2 Å². The van der Waals surface area contributed by atoms with Crippen molar-refractivity contribution in [2.75, 3.05) is 0 Å². The topological polar surface area (TPSA) is 64.2 Å². The molecule has 0 unspecified atom stereocenters. The second-order valence-electron chi connectivity index (χ2n) is 4.31. The smallest absolute Gasteiger partial charge is 0.333 e. The molecule has 19 heavy (non-hydrogen) atoms. The number of rotatable bonds is 2. The highest BCUT2D eigenvalue weighted by Gasteiger charge is 2.14. The minimum atomic E-state index is -0.540. The molecule has 0 spiro atoms. The SMILES string of the molecule is Cn1c(O)c(Cc2ccc(Br)cc2)c(=O)n(C)c1=O. The number of hydrogen-bond acceptors (Lipinski definition) is 3. The van der Waals surface area contributed by atoms with Gasteiger partial charge in [0.15, 0.2) is 0 Å². The molecule has 2 aromatic rings.